The average molecular weight is 244 g/mol. The second kappa shape index (κ2) is 4.42. The summed E-state index contributed by atoms with van der Waals surface area (Å²) in [5, 5.41) is 4.32. The maximum absolute atomic E-state index is 6.17. The van der Waals surface area contributed by atoms with Crippen LogP contribution in [0.4, 0.5) is 5.69 Å². The topological polar surface area (TPSA) is 12.0 Å². The standard InChI is InChI=1S/C15H14ClN/c16-13-7-3-4-8-15(13)17-14-10-9-11-5-1-2-6-12(11)14/h1-8,14,17H,9-10H2. The molecule has 1 aliphatic carbocycles. The van der Waals surface area contributed by atoms with Crippen molar-refractivity contribution < 1.29 is 0 Å². The van der Waals surface area contributed by atoms with Gasteiger partial charge in [0.05, 0.1) is 16.8 Å². The Morgan fingerprint density at radius 2 is 1.76 bits per heavy atom. The van der Waals surface area contributed by atoms with Gasteiger partial charge in [-0.25, -0.2) is 0 Å². The quantitative estimate of drug-likeness (QED) is 0.822. The summed E-state index contributed by atoms with van der Waals surface area (Å²) in [6, 6.07) is 16.9. The number of hydrogen-bond donors (Lipinski definition) is 1. The average Bonchev–Trinajstić information content (AvgIpc) is 2.76. The molecule has 0 bridgehead atoms. The third kappa shape index (κ3) is 2.03. The monoisotopic (exact) mass is 243 g/mol. The Labute approximate surface area is 106 Å². The van der Waals surface area contributed by atoms with Crippen LogP contribution in [0.3, 0.4) is 0 Å². The van der Waals surface area contributed by atoms with E-state index in [4.69, 9.17) is 11.6 Å². The Morgan fingerprint density at radius 3 is 2.65 bits per heavy atom. The van der Waals surface area contributed by atoms with Crippen molar-refractivity contribution in [3.8, 4) is 0 Å². The molecule has 0 aliphatic heterocycles. The number of nitrogens with one attached hydrogen (secondary N) is 1. The predicted octanol–water partition coefficient (Wildman–Crippen LogP) is 4.44. The molecule has 2 aromatic rings. The Bertz CT molecular complexity index is 536. The lowest BCUT2D eigenvalue weighted by atomic mass is 10.1. The number of rotatable bonds is 2. The van der Waals surface area contributed by atoms with Gasteiger partial charge in [-0.2, -0.15) is 0 Å². The first-order valence-electron chi connectivity index (χ1n) is 5.93. The van der Waals surface area contributed by atoms with Crippen LogP contribution in [0.5, 0.6) is 0 Å². The molecule has 3 rings (SSSR count). The summed E-state index contributed by atoms with van der Waals surface area (Å²) in [5.74, 6) is 0. The van der Waals surface area contributed by atoms with Gasteiger partial charge in [0.2, 0.25) is 0 Å². The highest BCUT2D eigenvalue weighted by Gasteiger charge is 2.21. The molecule has 1 unspecified atom stereocenters. The Kier molecular flexibility index (Phi) is 2.77. The van der Waals surface area contributed by atoms with Gasteiger partial charge in [0.1, 0.15) is 0 Å². The van der Waals surface area contributed by atoms with Crippen LogP contribution in [0.1, 0.15) is 23.6 Å². The summed E-state index contributed by atoms with van der Waals surface area (Å²) in [7, 11) is 0. The molecule has 0 heterocycles. The van der Waals surface area contributed by atoms with E-state index in [1.165, 1.54) is 11.1 Å². The van der Waals surface area contributed by atoms with Gasteiger partial charge in [-0.15, -0.1) is 0 Å². The second-order valence-corrected chi connectivity index (χ2v) is 4.82. The Morgan fingerprint density at radius 1 is 1.00 bits per heavy atom. The van der Waals surface area contributed by atoms with Gasteiger partial charge >= 0.3 is 0 Å². The summed E-state index contributed by atoms with van der Waals surface area (Å²) in [6.45, 7) is 0. The van der Waals surface area contributed by atoms with Gasteiger partial charge in [0.15, 0.2) is 0 Å². The number of anilines is 1. The molecule has 17 heavy (non-hydrogen) atoms. The molecule has 0 spiro atoms. The second-order valence-electron chi connectivity index (χ2n) is 4.41. The van der Waals surface area contributed by atoms with Crippen LogP contribution in [0.2, 0.25) is 5.02 Å². The number of para-hydroxylation sites is 1. The molecule has 0 saturated heterocycles. The Balaban J connectivity index is 1.87. The van der Waals surface area contributed by atoms with Crippen molar-refractivity contribution in [2.75, 3.05) is 5.32 Å². The zero-order valence-electron chi connectivity index (χ0n) is 9.49. The van der Waals surface area contributed by atoms with E-state index in [-0.39, 0.29) is 0 Å². The molecule has 0 aromatic heterocycles. The minimum Gasteiger partial charge on any atom is -0.377 e. The van der Waals surface area contributed by atoms with Crippen molar-refractivity contribution in [2.24, 2.45) is 0 Å². The maximum Gasteiger partial charge on any atom is 0.0637 e. The van der Waals surface area contributed by atoms with Crippen LogP contribution in [0, 0.1) is 0 Å². The summed E-state index contributed by atoms with van der Waals surface area (Å²) >= 11 is 6.17. The van der Waals surface area contributed by atoms with E-state index in [0.29, 0.717) is 6.04 Å². The van der Waals surface area contributed by atoms with E-state index in [1.54, 1.807) is 0 Å². The summed E-state index contributed by atoms with van der Waals surface area (Å²) < 4.78 is 0. The smallest absolute Gasteiger partial charge is 0.0637 e. The van der Waals surface area contributed by atoms with E-state index < -0.39 is 0 Å². The van der Waals surface area contributed by atoms with Gasteiger partial charge in [0.25, 0.3) is 0 Å². The van der Waals surface area contributed by atoms with Crippen molar-refractivity contribution in [3.63, 3.8) is 0 Å². The van der Waals surface area contributed by atoms with Gasteiger partial charge in [-0.1, -0.05) is 48.0 Å². The molecule has 0 radical (unpaired) electrons. The van der Waals surface area contributed by atoms with E-state index in [1.807, 2.05) is 24.3 Å². The van der Waals surface area contributed by atoms with Crippen molar-refractivity contribution in [3.05, 3.63) is 64.7 Å². The molecule has 0 amide bonds. The number of aryl methyl sites for hydroxylation is 1. The molecule has 1 aliphatic rings. The van der Waals surface area contributed by atoms with Crippen LogP contribution < -0.4 is 5.32 Å². The normalized spacial score (nSPS) is 17.8. The molecular weight excluding hydrogens is 230 g/mol. The Hall–Kier alpha value is -1.47. The highest BCUT2D eigenvalue weighted by Crippen LogP contribution is 2.35. The fourth-order valence-corrected chi connectivity index (χ4v) is 2.66. The first-order chi connectivity index (χ1) is 8.34. The predicted molar refractivity (Wildman–Crippen MR) is 72.6 cm³/mol. The number of halogens is 1. The highest BCUT2D eigenvalue weighted by atomic mass is 35.5. The number of benzene rings is 2. The first kappa shape index (κ1) is 10.7. The molecule has 0 saturated carbocycles. The molecule has 86 valence electrons. The number of hydrogen-bond acceptors (Lipinski definition) is 1. The maximum atomic E-state index is 6.17. The fourth-order valence-electron chi connectivity index (χ4n) is 2.47. The molecule has 0 fully saturated rings. The van der Waals surface area contributed by atoms with E-state index in [0.717, 1.165) is 23.6 Å². The zero-order valence-corrected chi connectivity index (χ0v) is 10.2. The van der Waals surface area contributed by atoms with Crippen LogP contribution >= 0.6 is 11.6 Å². The molecular formula is C15H14ClN. The summed E-state index contributed by atoms with van der Waals surface area (Å²) in [4.78, 5) is 0. The van der Waals surface area contributed by atoms with Gasteiger partial charge in [0, 0.05) is 0 Å². The van der Waals surface area contributed by atoms with Crippen molar-refractivity contribution in [1.82, 2.24) is 0 Å². The van der Waals surface area contributed by atoms with E-state index in [2.05, 4.69) is 29.6 Å². The number of fused-ring (bicyclic) bond motifs is 1. The largest absolute Gasteiger partial charge is 0.377 e. The lowest BCUT2D eigenvalue weighted by molar-refractivity contribution is 0.762. The third-order valence-corrected chi connectivity index (χ3v) is 3.67. The lowest BCUT2D eigenvalue weighted by Gasteiger charge is -2.16. The van der Waals surface area contributed by atoms with E-state index >= 15 is 0 Å². The minimum absolute atomic E-state index is 0.395. The first-order valence-corrected chi connectivity index (χ1v) is 6.31. The van der Waals surface area contributed by atoms with Crippen LogP contribution in [0.25, 0.3) is 0 Å². The zero-order chi connectivity index (χ0) is 11.7. The molecule has 2 heteroatoms. The summed E-state index contributed by atoms with van der Waals surface area (Å²) in [5.41, 5.74) is 3.89. The molecule has 1 N–H and O–H groups in total. The van der Waals surface area contributed by atoms with Crippen LogP contribution in [0.15, 0.2) is 48.5 Å². The molecule has 1 atom stereocenters. The van der Waals surface area contributed by atoms with Crippen LogP contribution in [-0.2, 0) is 6.42 Å². The molecule has 2 aromatic carbocycles. The minimum atomic E-state index is 0.395. The summed E-state index contributed by atoms with van der Waals surface area (Å²) in [6.07, 6.45) is 2.29. The SMILES string of the molecule is Clc1ccccc1NC1CCc2ccccc21. The van der Waals surface area contributed by atoms with Crippen molar-refractivity contribution >= 4 is 17.3 Å². The van der Waals surface area contributed by atoms with Crippen molar-refractivity contribution in [1.29, 1.82) is 0 Å². The van der Waals surface area contributed by atoms with Crippen LogP contribution in [-0.4, -0.2) is 0 Å². The highest BCUT2D eigenvalue weighted by molar-refractivity contribution is 6.33. The van der Waals surface area contributed by atoms with E-state index in [9.17, 15) is 0 Å². The van der Waals surface area contributed by atoms with Gasteiger partial charge < -0.3 is 5.32 Å². The van der Waals surface area contributed by atoms with Gasteiger partial charge in [-0.3, -0.25) is 0 Å². The van der Waals surface area contributed by atoms with Gasteiger partial charge in [-0.05, 0) is 36.1 Å². The fraction of sp³-hybridized carbons (Fsp3) is 0.200. The lowest BCUT2D eigenvalue weighted by Crippen LogP contribution is -2.07. The third-order valence-electron chi connectivity index (χ3n) is 3.34. The van der Waals surface area contributed by atoms with Crippen molar-refractivity contribution in [2.45, 2.75) is 18.9 Å². The molecule has 1 nitrogen and oxygen atoms in total.